The highest BCUT2D eigenvalue weighted by Gasteiger charge is 2.23. The Morgan fingerprint density at radius 2 is 1.62 bits per heavy atom. The maximum absolute atomic E-state index is 12.8. The molecule has 9 heteroatoms. The smallest absolute Gasteiger partial charge is 0.350 e. The summed E-state index contributed by atoms with van der Waals surface area (Å²) in [5.74, 6) is -1.01. The molecule has 0 aliphatic heterocycles. The first kappa shape index (κ1) is 23.6. The number of hydrogen-bond donors (Lipinski definition) is 1. The van der Waals surface area contributed by atoms with Gasteiger partial charge in [0.05, 0.1) is 17.7 Å². The van der Waals surface area contributed by atoms with Gasteiger partial charge in [0.2, 0.25) is 10.0 Å². The van der Waals surface area contributed by atoms with Crippen LogP contribution in [0.4, 0.5) is 5.69 Å². The molecule has 0 aliphatic rings. The van der Waals surface area contributed by atoms with Crippen molar-refractivity contribution in [1.82, 2.24) is 4.31 Å². The van der Waals surface area contributed by atoms with Crippen LogP contribution in [0.2, 0.25) is 0 Å². The van der Waals surface area contributed by atoms with E-state index in [1.165, 1.54) is 47.0 Å². The third-order valence-corrected chi connectivity index (χ3v) is 8.10. The van der Waals surface area contributed by atoms with Crippen LogP contribution in [0.3, 0.4) is 0 Å². The lowest BCUT2D eigenvalue weighted by Gasteiger charge is -2.18. The minimum atomic E-state index is -3.61. The molecule has 0 saturated heterocycles. The van der Waals surface area contributed by atoms with E-state index >= 15 is 0 Å². The zero-order chi connectivity index (χ0) is 23.3. The van der Waals surface area contributed by atoms with E-state index in [9.17, 15) is 18.0 Å². The number of nitrogens with zero attached hydrogens (tertiary/aromatic N) is 1. The van der Waals surface area contributed by atoms with Gasteiger partial charge in [-0.2, -0.15) is 4.31 Å². The fourth-order valence-corrected chi connectivity index (χ4v) is 5.65. The van der Waals surface area contributed by atoms with Gasteiger partial charge < -0.3 is 10.1 Å². The number of carbonyl (C=O) groups excluding carboxylic acids is 2. The summed E-state index contributed by atoms with van der Waals surface area (Å²) in [6.45, 7) is 4.26. The Hall–Kier alpha value is -3.01. The molecule has 1 amide bonds. The molecule has 168 valence electrons. The number of methoxy groups -OCH3 is 1. The first-order valence-corrected chi connectivity index (χ1v) is 12.3. The number of sulfonamides is 1. The van der Waals surface area contributed by atoms with Gasteiger partial charge in [-0.05, 0) is 35.9 Å². The molecule has 0 bridgehead atoms. The van der Waals surface area contributed by atoms with E-state index in [1.54, 1.807) is 19.9 Å². The molecule has 3 rings (SSSR count). The molecule has 7 nitrogen and oxygen atoms in total. The Morgan fingerprint density at radius 3 is 2.19 bits per heavy atom. The summed E-state index contributed by atoms with van der Waals surface area (Å²) in [5.41, 5.74) is 1.52. The Balaban J connectivity index is 1.87. The van der Waals surface area contributed by atoms with E-state index in [2.05, 4.69) is 5.32 Å². The van der Waals surface area contributed by atoms with Crippen LogP contribution in [-0.2, 0) is 14.8 Å². The molecule has 0 saturated carbocycles. The lowest BCUT2D eigenvalue weighted by molar-refractivity contribution is 0.0607. The largest absolute Gasteiger partial charge is 0.465 e. The Kier molecular flexibility index (Phi) is 7.44. The van der Waals surface area contributed by atoms with Crippen molar-refractivity contribution < 1.29 is 22.7 Å². The third kappa shape index (κ3) is 4.90. The predicted octanol–water partition coefficient (Wildman–Crippen LogP) is 4.48. The molecule has 0 spiro atoms. The summed E-state index contributed by atoms with van der Waals surface area (Å²) < 4.78 is 31.5. The highest BCUT2D eigenvalue weighted by Crippen LogP contribution is 2.35. The molecular weight excluding hydrogens is 448 g/mol. The van der Waals surface area contributed by atoms with Crippen LogP contribution in [0.5, 0.6) is 0 Å². The zero-order valence-corrected chi connectivity index (χ0v) is 19.6. The quantitative estimate of drug-likeness (QED) is 0.488. The Morgan fingerprint density at radius 1 is 1.00 bits per heavy atom. The number of rotatable bonds is 8. The molecule has 1 N–H and O–H groups in total. The van der Waals surface area contributed by atoms with Gasteiger partial charge >= 0.3 is 5.97 Å². The number of thiophene rings is 1. The predicted molar refractivity (Wildman–Crippen MR) is 126 cm³/mol. The molecule has 0 atom stereocenters. The summed E-state index contributed by atoms with van der Waals surface area (Å²) in [5, 5.41) is 2.75. The summed E-state index contributed by atoms with van der Waals surface area (Å²) in [6, 6.07) is 16.9. The summed E-state index contributed by atoms with van der Waals surface area (Å²) in [7, 11) is -2.33. The molecule has 0 aliphatic carbocycles. The third-order valence-electron chi connectivity index (χ3n) is 4.87. The summed E-state index contributed by atoms with van der Waals surface area (Å²) >= 11 is 1.22. The summed E-state index contributed by atoms with van der Waals surface area (Å²) in [6.07, 6.45) is 0. The van der Waals surface area contributed by atoms with Crippen LogP contribution < -0.4 is 5.32 Å². The Labute approximate surface area is 191 Å². The van der Waals surface area contributed by atoms with Crippen molar-refractivity contribution in [2.24, 2.45) is 0 Å². The number of ether oxygens (including phenoxy) is 1. The number of carbonyl (C=O) groups is 2. The van der Waals surface area contributed by atoms with Gasteiger partial charge in [0.15, 0.2) is 0 Å². The van der Waals surface area contributed by atoms with Gasteiger partial charge in [-0.3, -0.25) is 4.79 Å². The fourth-order valence-electron chi connectivity index (χ4n) is 3.16. The van der Waals surface area contributed by atoms with Crippen LogP contribution in [-0.4, -0.2) is 44.8 Å². The van der Waals surface area contributed by atoms with Gasteiger partial charge in [-0.15, -0.1) is 11.3 Å². The number of anilines is 1. The van der Waals surface area contributed by atoms with E-state index in [0.717, 1.165) is 10.4 Å². The van der Waals surface area contributed by atoms with Gasteiger partial charge in [-0.1, -0.05) is 44.2 Å². The molecular formula is C23H24N2O5S2. The Bertz CT molecular complexity index is 1200. The van der Waals surface area contributed by atoms with Gasteiger partial charge in [-0.25, -0.2) is 13.2 Å². The normalized spacial score (nSPS) is 11.4. The van der Waals surface area contributed by atoms with Crippen molar-refractivity contribution in [3.63, 3.8) is 0 Å². The van der Waals surface area contributed by atoms with Gasteiger partial charge in [0, 0.05) is 23.5 Å². The van der Waals surface area contributed by atoms with E-state index in [-0.39, 0.29) is 15.3 Å². The van der Waals surface area contributed by atoms with E-state index in [4.69, 9.17) is 4.74 Å². The highest BCUT2D eigenvalue weighted by molar-refractivity contribution is 7.89. The number of esters is 1. The monoisotopic (exact) mass is 472 g/mol. The van der Waals surface area contributed by atoms with Crippen LogP contribution in [0.25, 0.3) is 10.4 Å². The van der Waals surface area contributed by atoms with E-state index in [0.29, 0.717) is 18.8 Å². The van der Waals surface area contributed by atoms with Crippen LogP contribution >= 0.6 is 11.3 Å². The molecule has 1 aromatic heterocycles. The average molecular weight is 473 g/mol. The minimum absolute atomic E-state index is 0.120. The topological polar surface area (TPSA) is 92.8 Å². The number of nitrogens with one attached hydrogen (secondary N) is 1. The standard InChI is InChI=1S/C23H24N2O5S2/c1-4-25(5-2)32(28,29)18-13-11-17(12-14-18)22(26)24-19-15-20(16-9-7-6-8-10-16)31-21(19)23(27)30-3/h6-15H,4-5H2,1-3H3,(H,24,26). The second-order valence-electron chi connectivity index (χ2n) is 6.78. The minimum Gasteiger partial charge on any atom is -0.465 e. The second-order valence-corrected chi connectivity index (χ2v) is 9.77. The zero-order valence-electron chi connectivity index (χ0n) is 18.0. The fraction of sp³-hybridized carbons (Fsp3) is 0.217. The van der Waals surface area contributed by atoms with Crippen molar-refractivity contribution >= 4 is 38.9 Å². The maximum Gasteiger partial charge on any atom is 0.350 e. The average Bonchev–Trinajstić information content (AvgIpc) is 3.23. The molecule has 1 heterocycles. The van der Waals surface area contributed by atoms with E-state index in [1.807, 2.05) is 30.3 Å². The van der Waals surface area contributed by atoms with Crippen LogP contribution in [0.1, 0.15) is 33.9 Å². The first-order valence-electron chi connectivity index (χ1n) is 10.0. The lowest BCUT2D eigenvalue weighted by Crippen LogP contribution is -2.30. The van der Waals surface area contributed by atoms with Crippen LogP contribution in [0.15, 0.2) is 65.6 Å². The van der Waals surface area contributed by atoms with Crippen LogP contribution in [0, 0.1) is 0 Å². The number of benzene rings is 2. The molecule has 0 radical (unpaired) electrons. The summed E-state index contributed by atoms with van der Waals surface area (Å²) in [4.78, 5) is 26.3. The SMILES string of the molecule is CCN(CC)S(=O)(=O)c1ccc(C(=O)Nc2cc(-c3ccccc3)sc2C(=O)OC)cc1. The van der Waals surface area contributed by atoms with E-state index < -0.39 is 21.9 Å². The maximum atomic E-state index is 12.8. The van der Waals surface area contributed by atoms with Crippen molar-refractivity contribution in [2.45, 2.75) is 18.7 Å². The molecule has 0 fully saturated rings. The lowest BCUT2D eigenvalue weighted by atomic mass is 10.2. The number of hydrogen-bond acceptors (Lipinski definition) is 6. The molecule has 2 aromatic carbocycles. The van der Waals surface area contributed by atoms with Gasteiger partial charge in [0.1, 0.15) is 4.88 Å². The molecule has 32 heavy (non-hydrogen) atoms. The second kappa shape index (κ2) is 10.1. The van der Waals surface area contributed by atoms with Crippen molar-refractivity contribution in [2.75, 3.05) is 25.5 Å². The van der Waals surface area contributed by atoms with Gasteiger partial charge in [0.25, 0.3) is 5.91 Å². The van der Waals surface area contributed by atoms with Crippen molar-refractivity contribution in [3.8, 4) is 10.4 Å². The highest BCUT2D eigenvalue weighted by atomic mass is 32.2. The van der Waals surface area contributed by atoms with Crippen molar-refractivity contribution in [3.05, 3.63) is 71.1 Å². The van der Waals surface area contributed by atoms with Crippen molar-refractivity contribution in [1.29, 1.82) is 0 Å². The molecule has 0 unspecified atom stereocenters. The molecule has 3 aromatic rings. The first-order chi connectivity index (χ1) is 15.3. The number of amides is 1.